The lowest BCUT2D eigenvalue weighted by Gasteiger charge is -1.96. The van der Waals surface area contributed by atoms with Crippen LogP contribution < -0.4 is 5.32 Å². The van der Waals surface area contributed by atoms with Crippen molar-refractivity contribution in [3.05, 3.63) is 17.5 Å². The van der Waals surface area contributed by atoms with Gasteiger partial charge in [0.15, 0.2) is 0 Å². The van der Waals surface area contributed by atoms with E-state index in [9.17, 15) is 0 Å². The summed E-state index contributed by atoms with van der Waals surface area (Å²) in [5.41, 5.74) is 1.32. The van der Waals surface area contributed by atoms with Crippen LogP contribution in [0.25, 0.3) is 0 Å². The molecule has 76 valence electrons. The monoisotopic (exact) mass is 209 g/mol. The number of nitrogens with one attached hydrogen (secondary N) is 1. The maximum absolute atomic E-state index is 4.44. The molecular formula is C10H15N3S. The van der Waals surface area contributed by atoms with E-state index in [1.165, 1.54) is 29.9 Å². The van der Waals surface area contributed by atoms with Crippen LogP contribution in [-0.2, 0) is 0 Å². The Labute approximate surface area is 88.4 Å². The van der Waals surface area contributed by atoms with Gasteiger partial charge in [0.1, 0.15) is 5.82 Å². The third-order valence-electron chi connectivity index (χ3n) is 2.15. The Hall–Kier alpha value is -0.900. The molecule has 0 unspecified atom stereocenters. The first kappa shape index (κ1) is 9.65. The fraction of sp³-hybridized carbons (Fsp3) is 0.600. The second-order valence-corrected chi connectivity index (χ2v) is 4.65. The second-order valence-electron chi connectivity index (χ2n) is 3.89. The molecule has 1 N–H and O–H groups in total. The number of hydrogen-bond donors (Lipinski definition) is 1. The zero-order chi connectivity index (χ0) is 9.97. The van der Waals surface area contributed by atoms with Gasteiger partial charge in [0, 0.05) is 24.0 Å². The molecule has 4 heteroatoms. The molecule has 0 aromatic carbocycles. The van der Waals surface area contributed by atoms with Crippen molar-refractivity contribution in [3.8, 4) is 0 Å². The first-order valence-corrected chi connectivity index (χ1v) is 5.74. The highest BCUT2D eigenvalue weighted by Crippen LogP contribution is 2.39. The molecule has 1 aliphatic carbocycles. The maximum atomic E-state index is 4.44. The summed E-state index contributed by atoms with van der Waals surface area (Å²) >= 11 is 1.47. The van der Waals surface area contributed by atoms with Gasteiger partial charge in [-0.1, -0.05) is 11.6 Å². The SMILES string of the molecule is CC(C)=CCNc1nc(C2CC2)ns1. The lowest BCUT2D eigenvalue weighted by atomic mass is 10.3. The molecule has 14 heavy (non-hydrogen) atoms. The van der Waals surface area contributed by atoms with Crippen LogP contribution in [0.15, 0.2) is 11.6 Å². The van der Waals surface area contributed by atoms with Crippen LogP contribution in [0.4, 0.5) is 5.13 Å². The molecule has 1 saturated carbocycles. The van der Waals surface area contributed by atoms with Crippen molar-refractivity contribution >= 4 is 16.7 Å². The van der Waals surface area contributed by atoms with Crippen molar-refractivity contribution in [1.82, 2.24) is 9.36 Å². The molecule has 1 fully saturated rings. The highest BCUT2D eigenvalue weighted by atomic mass is 32.1. The van der Waals surface area contributed by atoms with Gasteiger partial charge in [0.25, 0.3) is 0 Å². The first-order chi connectivity index (χ1) is 6.75. The number of anilines is 1. The molecule has 1 heterocycles. The van der Waals surface area contributed by atoms with Gasteiger partial charge in [-0.25, -0.2) is 4.98 Å². The van der Waals surface area contributed by atoms with Crippen LogP contribution in [0, 0.1) is 0 Å². The predicted octanol–water partition coefficient (Wildman–Crippen LogP) is 2.79. The molecule has 0 amide bonds. The zero-order valence-corrected chi connectivity index (χ0v) is 9.40. The van der Waals surface area contributed by atoms with Crippen molar-refractivity contribution in [1.29, 1.82) is 0 Å². The Bertz CT molecular complexity index is 335. The molecule has 1 aliphatic rings. The predicted molar refractivity (Wildman–Crippen MR) is 59.8 cm³/mol. The van der Waals surface area contributed by atoms with Crippen molar-refractivity contribution in [2.24, 2.45) is 0 Å². The van der Waals surface area contributed by atoms with E-state index in [4.69, 9.17) is 0 Å². The number of hydrogen-bond acceptors (Lipinski definition) is 4. The molecule has 0 spiro atoms. The topological polar surface area (TPSA) is 37.8 Å². The Morgan fingerprint density at radius 3 is 3.00 bits per heavy atom. The van der Waals surface area contributed by atoms with Gasteiger partial charge in [-0.05, 0) is 26.7 Å². The fourth-order valence-corrected chi connectivity index (χ4v) is 1.81. The Morgan fingerprint density at radius 1 is 1.57 bits per heavy atom. The lowest BCUT2D eigenvalue weighted by molar-refractivity contribution is 0.984. The molecule has 0 saturated heterocycles. The standard InChI is InChI=1S/C10H15N3S/c1-7(2)5-6-11-10-12-9(13-14-10)8-3-4-8/h5,8H,3-4,6H2,1-2H3,(H,11,12,13). The number of rotatable bonds is 4. The van der Waals surface area contributed by atoms with Gasteiger partial charge in [-0.3, -0.25) is 0 Å². The summed E-state index contributed by atoms with van der Waals surface area (Å²) in [5.74, 6) is 1.69. The summed E-state index contributed by atoms with van der Waals surface area (Å²) in [6, 6.07) is 0. The smallest absolute Gasteiger partial charge is 0.202 e. The minimum Gasteiger partial charge on any atom is -0.357 e. The van der Waals surface area contributed by atoms with Crippen LogP contribution in [0.5, 0.6) is 0 Å². The highest BCUT2D eigenvalue weighted by molar-refractivity contribution is 7.09. The van der Waals surface area contributed by atoms with Gasteiger partial charge in [-0.2, -0.15) is 4.37 Å². The van der Waals surface area contributed by atoms with Crippen molar-refractivity contribution in [2.75, 3.05) is 11.9 Å². The molecule has 0 atom stereocenters. The average Bonchev–Trinajstić information content (AvgIpc) is 2.87. The summed E-state index contributed by atoms with van der Waals surface area (Å²) < 4.78 is 4.32. The quantitative estimate of drug-likeness (QED) is 0.775. The van der Waals surface area contributed by atoms with Crippen LogP contribution >= 0.6 is 11.5 Å². The van der Waals surface area contributed by atoms with Gasteiger partial charge < -0.3 is 5.32 Å². The van der Waals surface area contributed by atoms with E-state index >= 15 is 0 Å². The van der Waals surface area contributed by atoms with E-state index in [2.05, 4.69) is 34.6 Å². The summed E-state index contributed by atoms with van der Waals surface area (Å²) in [5, 5.41) is 4.20. The van der Waals surface area contributed by atoms with Crippen LogP contribution in [0.2, 0.25) is 0 Å². The van der Waals surface area contributed by atoms with Gasteiger partial charge in [0.2, 0.25) is 5.13 Å². The van der Waals surface area contributed by atoms with E-state index in [1.807, 2.05) is 0 Å². The molecule has 3 nitrogen and oxygen atoms in total. The van der Waals surface area contributed by atoms with E-state index in [-0.39, 0.29) is 0 Å². The Kier molecular flexibility index (Phi) is 2.82. The van der Waals surface area contributed by atoms with E-state index in [0.29, 0.717) is 5.92 Å². The third-order valence-corrected chi connectivity index (χ3v) is 2.83. The average molecular weight is 209 g/mol. The van der Waals surface area contributed by atoms with E-state index in [0.717, 1.165) is 17.5 Å². The van der Waals surface area contributed by atoms with E-state index in [1.54, 1.807) is 0 Å². The van der Waals surface area contributed by atoms with Crippen LogP contribution in [0.1, 0.15) is 38.4 Å². The minimum absolute atomic E-state index is 0.658. The van der Waals surface area contributed by atoms with Crippen LogP contribution in [-0.4, -0.2) is 15.9 Å². The minimum atomic E-state index is 0.658. The van der Waals surface area contributed by atoms with Gasteiger partial charge in [-0.15, -0.1) is 0 Å². The van der Waals surface area contributed by atoms with Crippen LogP contribution in [0.3, 0.4) is 0 Å². The molecule has 1 aromatic heterocycles. The summed E-state index contributed by atoms with van der Waals surface area (Å²) in [6.07, 6.45) is 4.69. The fourth-order valence-electron chi connectivity index (χ4n) is 1.16. The third kappa shape index (κ3) is 2.54. The summed E-state index contributed by atoms with van der Waals surface area (Å²) in [7, 11) is 0. The van der Waals surface area contributed by atoms with Crippen molar-refractivity contribution in [2.45, 2.75) is 32.6 Å². The molecule has 2 rings (SSSR count). The van der Waals surface area contributed by atoms with Crippen molar-refractivity contribution in [3.63, 3.8) is 0 Å². The molecule has 1 aromatic rings. The molecule has 0 aliphatic heterocycles. The van der Waals surface area contributed by atoms with Gasteiger partial charge >= 0.3 is 0 Å². The molecular weight excluding hydrogens is 194 g/mol. The van der Waals surface area contributed by atoms with Gasteiger partial charge in [0.05, 0.1) is 0 Å². The molecule has 0 bridgehead atoms. The second kappa shape index (κ2) is 4.09. The summed E-state index contributed by atoms with van der Waals surface area (Å²) in [6.45, 7) is 5.04. The largest absolute Gasteiger partial charge is 0.357 e. The number of nitrogens with zero attached hydrogens (tertiary/aromatic N) is 2. The summed E-state index contributed by atoms with van der Waals surface area (Å²) in [4.78, 5) is 4.44. The zero-order valence-electron chi connectivity index (χ0n) is 8.58. The lowest BCUT2D eigenvalue weighted by Crippen LogP contribution is -1.98. The normalized spacial score (nSPS) is 15.3. The Balaban J connectivity index is 1.86. The first-order valence-electron chi connectivity index (χ1n) is 4.96. The maximum Gasteiger partial charge on any atom is 0.202 e. The number of aromatic nitrogens is 2. The molecule has 0 radical (unpaired) electrons. The Morgan fingerprint density at radius 2 is 2.36 bits per heavy atom. The number of allylic oxidation sites excluding steroid dienone is 1. The van der Waals surface area contributed by atoms with E-state index < -0.39 is 0 Å². The van der Waals surface area contributed by atoms with Crippen molar-refractivity contribution < 1.29 is 0 Å². The highest BCUT2D eigenvalue weighted by Gasteiger charge is 2.27.